The zero-order valence-corrected chi connectivity index (χ0v) is 14.1. The number of carbonyl (C=O) groups is 1. The number of carbonyl (C=O) groups excluding carboxylic acids is 1. The molecule has 126 valence electrons. The van der Waals surface area contributed by atoms with Gasteiger partial charge < -0.3 is 15.0 Å². The van der Waals surface area contributed by atoms with Gasteiger partial charge in [-0.2, -0.15) is 0 Å². The number of benzene rings is 1. The van der Waals surface area contributed by atoms with Crippen LogP contribution in [-0.2, 0) is 4.79 Å². The molecule has 0 saturated carbocycles. The largest absolute Gasteiger partial charge is 0.497 e. The molecule has 4 nitrogen and oxygen atoms in total. The molecule has 2 rings (SSSR count). The molecule has 0 aromatic heterocycles. The highest BCUT2D eigenvalue weighted by atomic mass is 16.5. The Kier molecular flexibility index (Phi) is 7.67. The maximum Gasteiger partial charge on any atom is 0.243 e. The first-order chi connectivity index (χ1) is 11.3. The molecule has 4 heteroatoms. The molecule has 1 aliphatic heterocycles. The molecule has 0 unspecified atom stereocenters. The summed E-state index contributed by atoms with van der Waals surface area (Å²) in [5.74, 6) is 0.789. The SMILES string of the molecule is COc1ccc(/C=C/C(=O)NCCCN2CCCCCC2)cc1. The van der Waals surface area contributed by atoms with Crippen LogP contribution in [0.25, 0.3) is 6.08 Å². The van der Waals surface area contributed by atoms with Gasteiger partial charge in [0.05, 0.1) is 7.11 Å². The predicted molar refractivity (Wildman–Crippen MR) is 94.6 cm³/mol. The van der Waals surface area contributed by atoms with Crippen LogP contribution in [0.1, 0.15) is 37.7 Å². The van der Waals surface area contributed by atoms with Crippen LogP contribution in [-0.4, -0.2) is 44.1 Å². The molecule has 23 heavy (non-hydrogen) atoms. The lowest BCUT2D eigenvalue weighted by molar-refractivity contribution is -0.116. The predicted octanol–water partition coefficient (Wildman–Crippen LogP) is 3.09. The highest BCUT2D eigenvalue weighted by molar-refractivity contribution is 5.91. The quantitative estimate of drug-likeness (QED) is 0.621. The van der Waals surface area contributed by atoms with E-state index in [1.165, 1.54) is 38.8 Å². The lowest BCUT2D eigenvalue weighted by Crippen LogP contribution is -2.29. The third-order valence-electron chi connectivity index (χ3n) is 4.19. The molecule has 0 atom stereocenters. The number of rotatable bonds is 7. The van der Waals surface area contributed by atoms with Crippen LogP contribution < -0.4 is 10.1 Å². The highest BCUT2D eigenvalue weighted by Crippen LogP contribution is 2.12. The third-order valence-corrected chi connectivity index (χ3v) is 4.19. The zero-order valence-electron chi connectivity index (χ0n) is 14.1. The van der Waals surface area contributed by atoms with Crippen LogP contribution in [0.3, 0.4) is 0 Å². The van der Waals surface area contributed by atoms with E-state index in [4.69, 9.17) is 4.74 Å². The molecule has 0 aliphatic carbocycles. The first-order valence-corrected chi connectivity index (χ1v) is 8.60. The van der Waals surface area contributed by atoms with Crippen LogP contribution >= 0.6 is 0 Å². The summed E-state index contributed by atoms with van der Waals surface area (Å²) in [6.45, 7) is 4.25. The minimum Gasteiger partial charge on any atom is -0.497 e. The van der Waals surface area contributed by atoms with Crippen LogP contribution in [0.2, 0.25) is 0 Å². The fourth-order valence-corrected chi connectivity index (χ4v) is 2.82. The van der Waals surface area contributed by atoms with Crippen molar-refractivity contribution >= 4 is 12.0 Å². The lowest BCUT2D eigenvalue weighted by Gasteiger charge is -2.19. The van der Waals surface area contributed by atoms with E-state index < -0.39 is 0 Å². The Labute approximate surface area is 139 Å². The van der Waals surface area contributed by atoms with Gasteiger partial charge in [-0.15, -0.1) is 0 Å². The fourth-order valence-electron chi connectivity index (χ4n) is 2.82. The third kappa shape index (κ3) is 6.87. The van der Waals surface area contributed by atoms with Crippen LogP contribution in [0, 0.1) is 0 Å². The van der Waals surface area contributed by atoms with Gasteiger partial charge in [-0.3, -0.25) is 4.79 Å². The minimum atomic E-state index is -0.0308. The second-order valence-electron chi connectivity index (χ2n) is 6.01. The topological polar surface area (TPSA) is 41.6 Å². The van der Waals surface area contributed by atoms with E-state index in [2.05, 4.69) is 10.2 Å². The molecular weight excluding hydrogens is 288 g/mol. The summed E-state index contributed by atoms with van der Waals surface area (Å²) in [5.41, 5.74) is 0.991. The normalized spacial score (nSPS) is 16.2. The number of methoxy groups -OCH3 is 1. The number of nitrogens with zero attached hydrogens (tertiary/aromatic N) is 1. The molecule has 1 saturated heterocycles. The summed E-state index contributed by atoms with van der Waals surface area (Å²) in [4.78, 5) is 14.3. The van der Waals surface area contributed by atoms with Crippen LogP contribution in [0.5, 0.6) is 5.75 Å². The summed E-state index contributed by atoms with van der Waals surface area (Å²) in [6, 6.07) is 7.64. The van der Waals surface area contributed by atoms with Crippen molar-refractivity contribution in [1.82, 2.24) is 10.2 Å². The molecule has 1 aliphatic rings. The van der Waals surface area contributed by atoms with E-state index in [0.717, 1.165) is 30.8 Å². The van der Waals surface area contributed by atoms with E-state index in [1.807, 2.05) is 30.3 Å². The van der Waals surface area contributed by atoms with Crippen molar-refractivity contribution in [1.29, 1.82) is 0 Å². The van der Waals surface area contributed by atoms with Gasteiger partial charge in [0.25, 0.3) is 0 Å². The van der Waals surface area contributed by atoms with E-state index in [9.17, 15) is 4.79 Å². The second-order valence-corrected chi connectivity index (χ2v) is 6.01. The molecule has 1 heterocycles. The van der Waals surface area contributed by atoms with Crippen molar-refractivity contribution < 1.29 is 9.53 Å². The van der Waals surface area contributed by atoms with Crippen molar-refractivity contribution in [2.45, 2.75) is 32.1 Å². The number of hydrogen-bond acceptors (Lipinski definition) is 3. The Morgan fingerprint density at radius 2 is 1.87 bits per heavy atom. The van der Waals surface area contributed by atoms with Crippen molar-refractivity contribution in [3.8, 4) is 5.75 Å². The van der Waals surface area contributed by atoms with Crippen molar-refractivity contribution in [2.24, 2.45) is 0 Å². The molecule has 0 spiro atoms. The number of nitrogens with one attached hydrogen (secondary N) is 1. The molecule has 1 fully saturated rings. The van der Waals surface area contributed by atoms with Gasteiger partial charge in [0.2, 0.25) is 5.91 Å². The average Bonchev–Trinajstić information content (AvgIpc) is 2.86. The highest BCUT2D eigenvalue weighted by Gasteiger charge is 2.08. The van der Waals surface area contributed by atoms with Crippen molar-refractivity contribution in [2.75, 3.05) is 33.3 Å². The summed E-state index contributed by atoms with van der Waals surface area (Å²) in [5, 5.41) is 2.95. The van der Waals surface area contributed by atoms with Gasteiger partial charge in [-0.05, 0) is 62.7 Å². The van der Waals surface area contributed by atoms with Crippen LogP contribution in [0.4, 0.5) is 0 Å². The van der Waals surface area contributed by atoms with Gasteiger partial charge in [-0.1, -0.05) is 25.0 Å². The molecule has 1 amide bonds. The zero-order chi connectivity index (χ0) is 16.3. The fraction of sp³-hybridized carbons (Fsp3) is 0.526. The first kappa shape index (κ1) is 17.5. The molecule has 0 bridgehead atoms. The van der Waals surface area contributed by atoms with Crippen molar-refractivity contribution in [3.63, 3.8) is 0 Å². The first-order valence-electron chi connectivity index (χ1n) is 8.60. The minimum absolute atomic E-state index is 0.0308. The number of hydrogen-bond donors (Lipinski definition) is 1. The van der Waals surface area contributed by atoms with Gasteiger partial charge >= 0.3 is 0 Å². The molecule has 0 radical (unpaired) electrons. The van der Waals surface area contributed by atoms with Gasteiger partial charge in [-0.25, -0.2) is 0 Å². The Bertz CT molecular complexity index is 489. The standard InChI is InChI=1S/C19H28N2O2/c1-23-18-10-7-17(8-11-18)9-12-19(22)20-13-6-16-21-14-4-2-3-5-15-21/h7-12H,2-6,13-16H2,1H3,(H,20,22)/b12-9+. The van der Waals surface area contributed by atoms with Gasteiger partial charge in [0, 0.05) is 12.6 Å². The summed E-state index contributed by atoms with van der Waals surface area (Å²) >= 11 is 0. The smallest absolute Gasteiger partial charge is 0.243 e. The van der Waals surface area contributed by atoms with Crippen molar-refractivity contribution in [3.05, 3.63) is 35.9 Å². The Hall–Kier alpha value is -1.81. The summed E-state index contributed by atoms with van der Waals surface area (Å²) < 4.78 is 5.11. The Morgan fingerprint density at radius 1 is 1.17 bits per heavy atom. The average molecular weight is 316 g/mol. The van der Waals surface area contributed by atoms with E-state index in [0.29, 0.717) is 0 Å². The number of amides is 1. The maximum absolute atomic E-state index is 11.8. The molecular formula is C19H28N2O2. The molecule has 1 aromatic rings. The Morgan fingerprint density at radius 3 is 2.52 bits per heavy atom. The van der Waals surface area contributed by atoms with Gasteiger partial charge in [0.15, 0.2) is 0 Å². The molecule has 1 aromatic carbocycles. The van der Waals surface area contributed by atoms with E-state index >= 15 is 0 Å². The lowest BCUT2D eigenvalue weighted by atomic mass is 10.2. The summed E-state index contributed by atoms with van der Waals surface area (Å²) in [7, 11) is 1.64. The van der Waals surface area contributed by atoms with Crippen LogP contribution in [0.15, 0.2) is 30.3 Å². The van der Waals surface area contributed by atoms with E-state index in [-0.39, 0.29) is 5.91 Å². The monoisotopic (exact) mass is 316 g/mol. The second kappa shape index (κ2) is 10.1. The maximum atomic E-state index is 11.8. The number of ether oxygens (including phenoxy) is 1. The van der Waals surface area contributed by atoms with Gasteiger partial charge in [0.1, 0.15) is 5.75 Å². The number of likely N-dealkylation sites (tertiary alicyclic amines) is 1. The van der Waals surface area contributed by atoms with E-state index in [1.54, 1.807) is 13.2 Å². The Balaban J connectivity index is 1.63. The molecule has 1 N–H and O–H groups in total. The summed E-state index contributed by atoms with van der Waals surface area (Å²) in [6.07, 6.45) is 9.79.